The monoisotopic (exact) mass is 664 g/mol. The average Bonchev–Trinajstić information content (AvgIpc) is 3.21. The fourth-order valence-corrected chi connectivity index (χ4v) is 5.29. The van der Waals surface area contributed by atoms with Crippen molar-refractivity contribution in [2.24, 2.45) is 5.16 Å². The molecular weight excluding hydrogens is 644 g/mol. The van der Waals surface area contributed by atoms with Gasteiger partial charge in [0, 0.05) is 18.2 Å². The number of hydrogen-bond acceptors (Lipinski definition) is 16. The summed E-state index contributed by atoms with van der Waals surface area (Å²) in [4.78, 5) is 104. The molecule has 2 saturated heterocycles. The number of aromatic nitrogens is 4. The van der Waals surface area contributed by atoms with Crippen LogP contribution in [0.4, 0.5) is 5.13 Å². The highest BCUT2D eigenvalue weighted by molar-refractivity contribution is 7.13. The summed E-state index contributed by atoms with van der Waals surface area (Å²) in [7, 11) is 0. The number of rotatable bonds is 9. The maximum absolute atomic E-state index is 13.4. The zero-order valence-electron chi connectivity index (χ0n) is 22.8. The van der Waals surface area contributed by atoms with Gasteiger partial charge in [0.2, 0.25) is 5.60 Å². The fourth-order valence-electron chi connectivity index (χ4n) is 4.74. The predicted molar refractivity (Wildman–Crippen MR) is 143 cm³/mol. The van der Waals surface area contributed by atoms with Gasteiger partial charge < -0.3 is 41.1 Å². The molecular formula is C23H20N8O14S. The number of nitrogen functional groups attached to an aromatic ring is 1. The van der Waals surface area contributed by atoms with Crippen LogP contribution in [-0.2, 0) is 38.4 Å². The number of carboxylic acids is 2. The lowest BCUT2D eigenvalue weighted by Gasteiger charge is -2.30. The van der Waals surface area contributed by atoms with Gasteiger partial charge in [-0.1, -0.05) is 5.16 Å². The minimum atomic E-state index is -2.92. The van der Waals surface area contributed by atoms with Crippen LogP contribution in [0.1, 0.15) is 31.0 Å². The third-order valence-corrected chi connectivity index (χ3v) is 8.01. The molecule has 22 nitrogen and oxygen atoms in total. The van der Waals surface area contributed by atoms with E-state index in [-0.39, 0.29) is 28.7 Å². The highest BCUT2D eigenvalue weighted by Gasteiger charge is 2.63. The van der Waals surface area contributed by atoms with Crippen molar-refractivity contribution in [1.29, 1.82) is 0 Å². The van der Waals surface area contributed by atoms with Crippen molar-refractivity contribution in [2.75, 3.05) is 12.3 Å². The van der Waals surface area contributed by atoms with E-state index in [1.807, 2.05) is 0 Å². The number of carbonyl (C=O) groups excluding carboxylic acids is 3. The van der Waals surface area contributed by atoms with Crippen LogP contribution < -0.4 is 22.4 Å². The number of fused-ring (bicyclic) bond motifs is 1. The number of aliphatic carboxylic acids is 2. The van der Waals surface area contributed by atoms with Gasteiger partial charge in [-0.05, 0) is 0 Å². The summed E-state index contributed by atoms with van der Waals surface area (Å²) in [5, 5.41) is 46.3. The second-order valence-electron chi connectivity index (χ2n) is 10.2. The molecule has 23 heteroatoms. The van der Waals surface area contributed by atoms with Crippen molar-refractivity contribution in [1.82, 2.24) is 29.0 Å². The number of cyclic esters (lactones) is 1. The quantitative estimate of drug-likeness (QED) is 0.0737. The second kappa shape index (κ2) is 10.3. The van der Waals surface area contributed by atoms with E-state index in [1.165, 1.54) is 5.38 Å². The second-order valence-corrected chi connectivity index (χ2v) is 11.1. The fraction of sp³-hybridized carbons (Fsp3) is 0.348. The number of amides is 2. The molecule has 2 unspecified atom stereocenters. The van der Waals surface area contributed by atoms with E-state index in [4.69, 9.17) is 20.1 Å². The summed E-state index contributed by atoms with van der Waals surface area (Å²) in [6, 6.07) is -3.54. The maximum atomic E-state index is 13.4. The number of carboxylic acid groups (broad SMARTS) is 2. The van der Waals surface area contributed by atoms with Gasteiger partial charge in [0.15, 0.2) is 22.3 Å². The third-order valence-electron chi connectivity index (χ3n) is 7.33. The van der Waals surface area contributed by atoms with Gasteiger partial charge in [-0.15, -0.1) is 11.3 Å². The summed E-state index contributed by atoms with van der Waals surface area (Å²) in [5.41, 5.74) is -2.08. The van der Waals surface area contributed by atoms with Gasteiger partial charge in [-0.25, -0.2) is 33.5 Å². The number of nitrogens with zero attached hydrogens (tertiary/aromatic N) is 6. The molecule has 3 aromatic rings. The van der Waals surface area contributed by atoms with E-state index in [9.17, 15) is 54.0 Å². The van der Waals surface area contributed by atoms with E-state index in [1.54, 1.807) is 0 Å². The topological polar surface area (TPSA) is 308 Å². The Morgan fingerprint density at radius 3 is 2.22 bits per heavy atom. The molecule has 3 aliphatic rings. The Balaban J connectivity index is 1.26. The Bertz CT molecular complexity index is 1950. The average molecular weight is 665 g/mol. The molecule has 3 aromatic heterocycles. The van der Waals surface area contributed by atoms with Gasteiger partial charge >= 0.3 is 35.0 Å². The highest BCUT2D eigenvalue weighted by Crippen LogP contribution is 2.40. The Hall–Kier alpha value is -5.97. The summed E-state index contributed by atoms with van der Waals surface area (Å²) in [5.74, 6) is -8.60. The smallest absolute Gasteiger partial charge is 0.372 e. The van der Waals surface area contributed by atoms with Gasteiger partial charge in [-0.3, -0.25) is 14.4 Å². The van der Waals surface area contributed by atoms with Crippen molar-refractivity contribution >= 4 is 51.9 Å². The molecule has 6 rings (SSSR count). The molecule has 2 amide bonds. The lowest BCUT2D eigenvalue weighted by molar-refractivity contribution is -0.256. The Kier molecular flexibility index (Phi) is 6.73. The number of nitrogens with one attached hydrogen (secondary N) is 1. The van der Waals surface area contributed by atoms with E-state index < -0.39 is 94.7 Å². The number of esters is 1. The van der Waals surface area contributed by atoms with Gasteiger partial charge in [0.1, 0.15) is 24.4 Å². The van der Waals surface area contributed by atoms with Crippen molar-refractivity contribution < 1.29 is 58.8 Å². The molecule has 0 bridgehead atoms. The summed E-state index contributed by atoms with van der Waals surface area (Å²) < 4.78 is 6.43. The summed E-state index contributed by atoms with van der Waals surface area (Å²) in [6.45, 7) is -0.689. The summed E-state index contributed by atoms with van der Waals surface area (Å²) >= 11 is 0.918. The molecule has 2 aliphatic heterocycles. The molecule has 3 fully saturated rings. The molecule has 0 radical (unpaired) electrons. The largest absolute Gasteiger partial charge is 0.503 e. The molecule has 0 aromatic carbocycles. The SMILES string of the molecule is Nc1nc(/C(=N/OC2(C(=O)O)CC2)C(=O)N[C@H]2CON(C3(C(=O)O)CC(n4c(=O)n5cc(O)c(O)cn5c4=O)C(=O)O3)C2=O)cs1. The summed E-state index contributed by atoms with van der Waals surface area (Å²) in [6.07, 6.45) is 0.562. The van der Waals surface area contributed by atoms with Crippen molar-refractivity contribution in [2.45, 2.75) is 42.7 Å². The number of hydroxylamine groups is 2. The van der Waals surface area contributed by atoms with Crippen LogP contribution in [0.3, 0.4) is 0 Å². The number of thiazole rings is 1. The highest BCUT2D eigenvalue weighted by atomic mass is 32.1. The third kappa shape index (κ3) is 4.55. The number of anilines is 1. The van der Waals surface area contributed by atoms with Crippen LogP contribution >= 0.6 is 11.3 Å². The van der Waals surface area contributed by atoms with E-state index in [2.05, 4.69) is 15.5 Å². The van der Waals surface area contributed by atoms with Crippen molar-refractivity contribution in [3.63, 3.8) is 0 Å². The number of carbonyl (C=O) groups is 5. The number of nitrogens with two attached hydrogens (primary N) is 1. The van der Waals surface area contributed by atoms with Crippen LogP contribution in [0.2, 0.25) is 0 Å². The first-order valence-corrected chi connectivity index (χ1v) is 13.8. The Labute approximate surface area is 256 Å². The van der Waals surface area contributed by atoms with Gasteiger partial charge in [0.05, 0.1) is 18.8 Å². The molecule has 7 N–H and O–H groups in total. The molecule has 46 heavy (non-hydrogen) atoms. The molecule has 5 heterocycles. The minimum Gasteiger partial charge on any atom is -0.503 e. The first-order valence-electron chi connectivity index (χ1n) is 12.9. The van der Waals surface area contributed by atoms with Gasteiger partial charge in [-0.2, -0.15) is 14.1 Å². The van der Waals surface area contributed by atoms with Gasteiger partial charge in [0.25, 0.3) is 11.8 Å². The number of ether oxygens (including phenoxy) is 1. The molecule has 1 saturated carbocycles. The molecule has 0 spiro atoms. The lowest BCUT2D eigenvalue weighted by atomic mass is 10.1. The molecule has 3 atom stereocenters. The van der Waals surface area contributed by atoms with Crippen LogP contribution in [0.15, 0.2) is 32.5 Å². The first kappa shape index (κ1) is 30.1. The number of aromatic hydroxyl groups is 2. The Morgan fingerprint density at radius 2 is 1.70 bits per heavy atom. The predicted octanol–water partition coefficient (Wildman–Crippen LogP) is -3.42. The number of oxime groups is 1. The maximum Gasteiger partial charge on any atom is 0.372 e. The van der Waals surface area contributed by atoms with Crippen molar-refractivity contribution in [3.8, 4) is 11.5 Å². The first-order chi connectivity index (χ1) is 21.7. The standard InChI is InChI=1S/C23H20N8O14S/c24-19-26-9(7-46-19)13(27-45-22(1-2-22)17(37)38)14(34)25-8-6-43-31(15(8)35)23(18(39)40)3-10(16(36)44-23)30-20(41)28-4-11(32)12(33)5-29(28)21(30)42/h4-5,7-8,10,32-33H,1-3,6H2,(H2,24,26)(H,25,34)(H,37,38)(H,39,40)/b27-13-/t8-,10?,23?/m0/s1. The number of hydrogen-bond donors (Lipinski definition) is 6. The molecule has 1 aliphatic carbocycles. The van der Waals surface area contributed by atoms with Crippen LogP contribution in [0, 0.1) is 0 Å². The zero-order valence-corrected chi connectivity index (χ0v) is 23.6. The zero-order chi connectivity index (χ0) is 33.3. The van der Waals surface area contributed by atoms with E-state index in [0.29, 0.717) is 26.0 Å². The van der Waals surface area contributed by atoms with E-state index in [0.717, 1.165) is 11.3 Å². The normalized spacial score (nSPS) is 23.8. The van der Waals surface area contributed by atoms with E-state index >= 15 is 0 Å². The van der Waals surface area contributed by atoms with Crippen LogP contribution in [0.25, 0.3) is 0 Å². The molecule has 242 valence electrons. The van der Waals surface area contributed by atoms with Crippen LogP contribution in [0.5, 0.6) is 11.5 Å². The Morgan fingerprint density at radius 1 is 1.07 bits per heavy atom. The lowest BCUT2D eigenvalue weighted by Crippen LogP contribution is -2.57. The van der Waals surface area contributed by atoms with Crippen molar-refractivity contribution in [3.05, 3.63) is 44.4 Å². The van der Waals surface area contributed by atoms with Crippen LogP contribution in [-0.4, -0.2) is 103 Å². The minimum absolute atomic E-state index is 0.0192.